The van der Waals surface area contributed by atoms with Gasteiger partial charge in [-0.15, -0.1) is 0 Å². The summed E-state index contributed by atoms with van der Waals surface area (Å²) >= 11 is 0. The third kappa shape index (κ3) is 4.63. The molecule has 0 aliphatic carbocycles. The zero-order valence-electron chi connectivity index (χ0n) is 11.6. The number of carbonyl (C=O) groups is 1. The van der Waals surface area contributed by atoms with Crippen molar-refractivity contribution < 1.29 is 4.79 Å². The Hall–Kier alpha value is -1.42. The van der Waals surface area contributed by atoms with Crippen LogP contribution in [-0.4, -0.2) is 35.9 Å². The predicted octanol–water partition coefficient (Wildman–Crippen LogP) is 1.82. The zero-order chi connectivity index (χ0) is 13.5. The molecule has 0 spiro atoms. The summed E-state index contributed by atoms with van der Waals surface area (Å²) < 4.78 is 0. The molecule has 1 aromatic rings. The molecule has 2 heterocycles. The lowest BCUT2D eigenvalue weighted by atomic mass is 9.93. The van der Waals surface area contributed by atoms with Gasteiger partial charge in [0.2, 0.25) is 5.91 Å². The van der Waals surface area contributed by atoms with Crippen LogP contribution in [0.2, 0.25) is 0 Å². The summed E-state index contributed by atoms with van der Waals surface area (Å²) in [6.07, 6.45) is 7.65. The van der Waals surface area contributed by atoms with Gasteiger partial charge in [0.15, 0.2) is 0 Å². The fourth-order valence-electron chi connectivity index (χ4n) is 2.54. The van der Waals surface area contributed by atoms with Crippen LogP contribution in [0.25, 0.3) is 0 Å². The minimum atomic E-state index is 0.246. The molecule has 0 saturated carbocycles. The number of amides is 1. The minimum absolute atomic E-state index is 0.246. The fraction of sp³-hybridized carbons (Fsp3) is 0.600. The zero-order valence-corrected chi connectivity index (χ0v) is 11.6. The normalized spacial score (nSPS) is 16.3. The van der Waals surface area contributed by atoms with Crippen LogP contribution < -0.4 is 5.32 Å². The second kappa shape index (κ2) is 7.24. The summed E-state index contributed by atoms with van der Waals surface area (Å²) in [6.45, 7) is 2.88. The van der Waals surface area contributed by atoms with Gasteiger partial charge in [0, 0.05) is 32.4 Å². The van der Waals surface area contributed by atoms with Crippen LogP contribution in [-0.2, 0) is 11.3 Å². The molecule has 104 valence electrons. The van der Waals surface area contributed by atoms with Crippen molar-refractivity contribution in [3.63, 3.8) is 0 Å². The SMILES string of the molecule is CN(Cc1ccncc1)C(=O)CCC1CCNCC1. The van der Waals surface area contributed by atoms with E-state index in [1.807, 2.05) is 24.1 Å². The van der Waals surface area contributed by atoms with E-state index in [4.69, 9.17) is 0 Å². The number of rotatable bonds is 5. The molecule has 19 heavy (non-hydrogen) atoms. The van der Waals surface area contributed by atoms with Crippen molar-refractivity contribution >= 4 is 5.91 Å². The Kier molecular flexibility index (Phi) is 5.33. The summed E-state index contributed by atoms with van der Waals surface area (Å²) in [5, 5.41) is 3.36. The van der Waals surface area contributed by atoms with Crippen molar-refractivity contribution in [3.8, 4) is 0 Å². The molecule has 1 amide bonds. The molecule has 0 radical (unpaired) electrons. The summed E-state index contributed by atoms with van der Waals surface area (Å²) in [7, 11) is 1.88. The molecule has 0 unspecified atom stereocenters. The number of hydrogen-bond donors (Lipinski definition) is 1. The second-order valence-corrected chi connectivity index (χ2v) is 5.34. The maximum atomic E-state index is 12.1. The molecular weight excluding hydrogens is 238 g/mol. The maximum absolute atomic E-state index is 12.1. The van der Waals surface area contributed by atoms with E-state index in [9.17, 15) is 4.79 Å². The number of piperidine rings is 1. The fourth-order valence-corrected chi connectivity index (χ4v) is 2.54. The Morgan fingerprint density at radius 1 is 1.37 bits per heavy atom. The Morgan fingerprint density at radius 3 is 2.74 bits per heavy atom. The van der Waals surface area contributed by atoms with E-state index in [2.05, 4.69) is 10.3 Å². The molecule has 1 saturated heterocycles. The van der Waals surface area contributed by atoms with Gasteiger partial charge >= 0.3 is 0 Å². The molecule has 1 aliphatic heterocycles. The van der Waals surface area contributed by atoms with Crippen LogP contribution in [0.15, 0.2) is 24.5 Å². The highest BCUT2D eigenvalue weighted by Crippen LogP contribution is 2.18. The predicted molar refractivity (Wildman–Crippen MR) is 75.5 cm³/mol. The highest BCUT2D eigenvalue weighted by molar-refractivity contribution is 5.75. The number of aromatic nitrogens is 1. The summed E-state index contributed by atoms with van der Waals surface area (Å²) in [5.74, 6) is 0.967. The van der Waals surface area contributed by atoms with Gasteiger partial charge in [-0.25, -0.2) is 0 Å². The van der Waals surface area contributed by atoms with Gasteiger partial charge in [0.1, 0.15) is 0 Å². The van der Waals surface area contributed by atoms with Crippen molar-refractivity contribution in [2.45, 2.75) is 32.2 Å². The largest absolute Gasteiger partial charge is 0.341 e. The average molecular weight is 261 g/mol. The van der Waals surface area contributed by atoms with Crippen molar-refractivity contribution in [3.05, 3.63) is 30.1 Å². The van der Waals surface area contributed by atoms with E-state index in [1.54, 1.807) is 12.4 Å². The molecule has 0 atom stereocenters. The van der Waals surface area contributed by atoms with Gasteiger partial charge in [-0.1, -0.05) is 0 Å². The molecule has 1 aliphatic rings. The Balaban J connectivity index is 1.73. The van der Waals surface area contributed by atoms with Crippen LogP contribution >= 0.6 is 0 Å². The molecule has 1 fully saturated rings. The van der Waals surface area contributed by atoms with Crippen LogP contribution in [0.3, 0.4) is 0 Å². The second-order valence-electron chi connectivity index (χ2n) is 5.34. The van der Waals surface area contributed by atoms with Crippen molar-refractivity contribution in [2.24, 2.45) is 5.92 Å². The average Bonchev–Trinajstić information content (AvgIpc) is 2.47. The molecule has 0 aromatic carbocycles. The van der Waals surface area contributed by atoms with Crippen LogP contribution in [0.5, 0.6) is 0 Å². The molecule has 1 aromatic heterocycles. The lowest BCUT2D eigenvalue weighted by molar-refractivity contribution is -0.130. The number of carbonyl (C=O) groups excluding carboxylic acids is 1. The van der Waals surface area contributed by atoms with E-state index < -0.39 is 0 Å². The van der Waals surface area contributed by atoms with Crippen LogP contribution in [0.1, 0.15) is 31.2 Å². The smallest absolute Gasteiger partial charge is 0.222 e. The summed E-state index contributed by atoms with van der Waals surface area (Å²) in [4.78, 5) is 17.9. The Bertz CT molecular complexity index is 388. The van der Waals surface area contributed by atoms with Crippen LogP contribution in [0, 0.1) is 5.92 Å². The van der Waals surface area contributed by atoms with E-state index in [0.717, 1.165) is 31.0 Å². The highest BCUT2D eigenvalue weighted by atomic mass is 16.2. The summed E-state index contributed by atoms with van der Waals surface area (Å²) in [5.41, 5.74) is 1.13. The first kappa shape index (κ1) is 14.0. The molecule has 0 bridgehead atoms. The topological polar surface area (TPSA) is 45.2 Å². The quantitative estimate of drug-likeness (QED) is 0.879. The van der Waals surface area contributed by atoms with Crippen molar-refractivity contribution in [1.29, 1.82) is 0 Å². The number of pyridine rings is 1. The maximum Gasteiger partial charge on any atom is 0.222 e. The molecule has 4 nitrogen and oxygen atoms in total. The monoisotopic (exact) mass is 261 g/mol. The van der Waals surface area contributed by atoms with E-state index >= 15 is 0 Å². The van der Waals surface area contributed by atoms with Crippen molar-refractivity contribution in [2.75, 3.05) is 20.1 Å². The Labute approximate surface area is 115 Å². The minimum Gasteiger partial charge on any atom is -0.341 e. The summed E-state index contributed by atoms with van der Waals surface area (Å²) in [6, 6.07) is 3.91. The third-order valence-electron chi connectivity index (χ3n) is 3.82. The van der Waals surface area contributed by atoms with Crippen LogP contribution in [0.4, 0.5) is 0 Å². The Morgan fingerprint density at radius 2 is 2.05 bits per heavy atom. The number of nitrogens with one attached hydrogen (secondary N) is 1. The van der Waals surface area contributed by atoms with E-state index in [1.165, 1.54) is 12.8 Å². The first-order valence-corrected chi connectivity index (χ1v) is 7.09. The first-order valence-electron chi connectivity index (χ1n) is 7.09. The number of nitrogens with zero attached hydrogens (tertiary/aromatic N) is 2. The molecule has 4 heteroatoms. The molecule has 2 rings (SSSR count). The van der Waals surface area contributed by atoms with Gasteiger partial charge < -0.3 is 10.2 Å². The lowest BCUT2D eigenvalue weighted by Crippen LogP contribution is -2.30. The number of hydrogen-bond acceptors (Lipinski definition) is 3. The third-order valence-corrected chi connectivity index (χ3v) is 3.82. The van der Waals surface area contributed by atoms with E-state index in [0.29, 0.717) is 13.0 Å². The molecular formula is C15H23N3O. The molecule has 1 N–H and O–H groups in total. The highest BCUT2D eigenvalue weighted by Gasteiger charge is 2.16. The first-order chi connectivity index (χ1) is 9.25. The van der Waals surface area contributed by atoms with Gasteiger partial charge in [-0.3, -0.25) is 9.78 Å². The van der Waals surface area contributed by atoms with Gasteiger partial charge in [-0.05, 0) is 56.0 Å². The van der Waals surface area contributed by atoms with Gasteiger partial charge in [0.05, 0.1) is 0 Å². The lowest BCUT2D eigenvalue weighted by Gasteiger charge is -2.23. The van der Waals surface area contributed by atoms with E-state index in [-0.39, 0.29) is 5.91 Å². The standard InChI is InChI=1S/C15H23N3O/c1-18(12-14-6-10-17-11-7-14)15(19)3-2-13-4-8-16-9-5-13/h6-7,10-11,13,16H,2-5,8-9,12H2,1H3. The van der Waals surface area contributed by atoms with Gasteiger partial charge in [-0.2, -0.15) is 0 Å². The van der Waals surface area contributed by atoms with Gasteiger partial charge in [0.25, 0.3) is 0 Å². The van der Waals surface area contributed by atoms with Crippen molar-refractivity contribution in [1.82, 2.24) is 15.2 Å².